The van der Waals surface area contributed by atoms with E-state index >= 15 is 0 Å². The summed E-state index contributed by atoms with van der Waals surface area (Å²) in [5.41, 5.74) is 0. The molecule has 0 aromatic carbocycles. The van der Waals surface area contributed by atoms with Crippen LogP contribution in [0.4, 0.5) is 22.0 Å². The van der Waals surface area contributed by atoms with Gasteiger partial charge < -0.3 is 9.47 Å². The van der Waals surface area contributed by atoms with Crippen molar-refractivity contribution in [3.8, 4) is 0 Å². The van der Waals surface area contributed by atoms with Gasteiger partial charge in [0.1, 0.15) is 6.10 Å². The summed E-state index contributed by atoms with van der Waals surface area (Å²) in [7, 11) is -6.51. The van der Waals surface area contributed by atoms with Crippen molar-refractivity contribution in [3.05, 3.63) is 12.7 Å². The van der Waals surface area contributed by atoms with Gasteiger partial charge in [0.05, 0.1) is 6.42 Å². The molecule has 2 atom stereocenters. The zero-order valence-corrected chi connectivity index (χ0v) is 12.2. The topological polar surface area (TPSA) is 107 Å². The molecule has 134 valence electrons. The average molecular weight is 370 g/mol. The lowest BCUT2D eigenvalue weighted by Gasteiger charge is -2.26. The Morgan fingerprint density at radius 2 is 1.70 bits per heavy atom. The largest absolute Gasteiger partial charge is 0.459 e. The van der Waals surface area contributed by atoms with Crippen molar-refractivity contribution in [1.82, 2.24) is 0 Å². The molecule has 2 unspecified atom stereocenters. The van der Waals surface area contributed by atoms with Gasteiger partial charge in [0.25, 0.3) is 6.10 Å². The Kier molecular flexibility index (Phi) is 6.66. The smallest absolute Gasteiger partial charge is 0.432 e. The zero-order chi connectivity index (χ0) is 18.6. The third-order valence-electron chi connectivity index (χ3n) is 2.13. The van der Waals surface area contributed by atoms with E-state index in [1.165, 1.54) is 0 Å². The van der Waals surface area contributed by atoms with Gasteiger partial charge in [0.15, 0.2) is 0 Å². The van der Waals surface area contributed by atoms with Crippen LogP contribution in [0.25, 0.3) is 0 Å². The van der Waals surface area contributed by atoms with Crippen LogP contribution in [0.15, 0.2) is 12.7 Å². The van der Waals surface area contributed by atoms with E-state index in [0.29, 0.717) is 6.08 Å². The molecule has 0 rings (SSSR count). The fraction of sp³-hybridized carbons (Fsp3) is 0.600. The number of hydrogen-bond donors (Lipinski definition) is 1. The van der Waals surface area contributed by atoms with E-state index in [0.717, 1.165) is 6.92 Å². The highest BCUT2D eigenvalue weighted by Crippen LogP contribution is 2.38. The van der Waals surface area contributed by atoms with Crippen LogP contribution in [0.1, 0.15) is 13.3 Å². The third kappa shape index (κ3) is 6.09. The first-order valence-corrected chi connectivity index (χ1v) is 7.01. The minimum atomic E-state index is -6.51. The van der Waals surface area contributed by atoms with E-state index in [9.17, 15) is 40.0 Å². The normalized spacial score (nSPS) is 15.4. The maximum Gasteiger partial charge on any atom is 0.432 e. The second-order valence-corrected chi connectivity index (χ2v) is 5.60. The number of carbonyl (C=O) groups excluding carboxylic acids is 2. The second kappa shape index (κ2) is 7.21. The molecule has 7 nitrogen and oxygen atoms in total. The molecule has 0 heterocycles. The Labute approximate surface area is 126 Å². The predicted octanol–water partition coefficient (Wildman–Crippen LogP) is 1.45. The van der Waals surface area contributed by atoms with Crippen LogP contribution in [-0.4, -0.2) is 48.5 Å². The number of hydrogen-bond acceptors (Lipinski definition) is 6. The standard InChI is InChI=1S/C10H11F5O7S/c1-3-6(16)21-5(2)4-7(17)22-8(9(11,12)13)10(14,15)23(18,19)20/h3,5,8H,1,4H2,2H3,(H,18,19,20). The molecule has 0 saturated heterocycles. The molecule has 0 aliphatic heterocycles. The first-order chi connectivity index (χ1) is 10.1. The van der Waals surface area contributed by atoms with Crippen molar-refractivity contribution in [2.24, 2.45) is 0 Å². The molecule has 13 heteroatoms. The SMILES string of the molecule is C=CC(=O)OC(C)CC(=O)OC(C(F)(F)F)C(F)(F)S(=O)(=O)O. The summed E-state index contributed by atoms with van der Waals surface area (Å²) in [6.45, 7) is 4.03. The van der Waals surface area contributed by atoms with Gasteiger partial charge in [-0.05, 0) is 6.92 Å². The van der Waals surface area contributed by atoms with Gasteiger partial charge in [0.2, 0.25) is 0 Å². The quantitative estimate of drug-likeness (QED) is 0.313. The third-order valence-corrected chi connectivity index (χ3v) is 3.04. The predicted molar refractivity (Wildman–Crippen MR) is 62.8 cm³/mol. The highest BCUT2D eigenvalue weighted by atomic mass is 32.2. The average Bonchev–Trinajstić information content (AvgIpc) is 2.32. The first kappa shape index (κ1) is 21.2. The number of halogens is 5. The summed E-state index contributed by atoms with van der Waals surface area (Å²) in [5.74, 6) is -2.97. The van der Waals surface area contributed by atoms with E-state index in [2.05, 4.69) is 16.1 Å². The number of rotatable bonds is 7. The summed E-state index contributed by atoms with van der Waals surface area (Å²) in [6.07, 6.45) is -12.2. The zero-order valence-electron chi connectivity index (χ0n) is 11.3. The lowest BCUT2D eigenvalue weighted by molar-refractivity contribution is -0.259. The van der Waals surface area contributed by atoms with Gasteiger partial charge >= 0.3 is 33.5 Å². The van der Waals surface area contributed by atoms with Crippen LogP contribution in [0.2, 0.25) is 0 Å². The van der Waals surface area contributed by atoms with Crippen molar-refractivity contribution < 1.29 is 54.0 Å². The molecular formula is C10H11F5O7S. The Bertz CT molecular complexity index is 569. The molecule has 0 radical (unpaired) electrons. The number of esters is 2. The van der Waals surface area contributed by atoms with Gasteiger partial charge in [0, 0.05) is 6.08 Å². The fourth-order valence-electron chi connectivity index (χ4n) is 1.16. The maximum atomic E-state index is 13.1. The summed E-state index contributed by atoms with van der Waals surface area (Å²) >= 11 is 0. The van der Waals surface area contributed by atoms with Crippen LogP contribution >= 0.6 is 0 Å². The summed E-state index contributed by atoms with van der Waals surface area (Å²) in [6, 6.07) is 0. The molecule has 1 N–H and O–H groups in total. The van der Waals surface area contributed by atoms with Crippen LogP contribution in [-0.2, 0) is 29.2 Å². The van der Waals surface area contributed by atoms with Crippen molar-refractivity contribution in [2.75, 3.05) is 0 Å². The van der Waals surface area contributed by atoms with Crippen molar-refractivity contribution in [2.45, 2.75) is 37.0 Å². The number of carbonyl (C=O) groups is 2. The summed E-state index contributed by atoms with van der Waals surface area (Å²) < 4.78 is 100. The summed E-state index contributed by atoms with van der Waals surface area (Å²) in [5, 5.41) is -5.82. The molecule has 0 bridgehead atoms. The highest BCUT2D eigenvalue weighted by Gasteiger charge is 2.66. The maximum absolute atomic E-state index is 13.1. The van der Waals surface area contributed by atoms with Crippen molar-refractivity contribution in [1.29, 1.82) is 0 Å². The molecular weight excluding hydrogens is 359 g/mol. The highest BCUT2D eigenvalue weighted by molar-refractivity contribution is 7.86. The number of alkyl halides is 5. The monoisotopic (exact) mass is 370 g/mol. The van der Waals surface area contributed by atoms with E-state index < -0.39 is 52.1 Å². The first-order valence-electron chi connectivity index (χ1n) is 5.57. The Morgan fingerprint density at radius 3 is 2.04 bits per heavy atom. The van der Waals surface area contributed by atoms with Crippen LogP contribution in [0.3, 0.4) is 0 Å². The van der Waals surface area contributed by atoms with Gasteiger partial charge in [-0.1, -0.05) is 6.58 Å². The second-order valence-electron chi connectivity index (χ2n) is 4.10. The summed E-state index contributed by atoms with van der Waals surface area (Å²) in [4.78, 5) is 22.0. The van der Waals surface area contributed by atoms with E-state index in [1.807, 2.05) is 0 Å². The molecule has 0 spiro atoms. The van der Waals surface area contributed by atoms with Crippen LogP contribution < -0.4 is 0 Å². The molecule has 0 saturated carbocycles. The molecule has 0 fully saturated rings. The molecule has 0 aliphatic rings. The lowest BCUT2D eigenvalue weighted by Crippen LogP contribution is -2.52. The molecule has 0 aliphatic carbocycles. The van der Waals surface area contributed by atoms with Crippen LogP contribution in [0, 0.1) is 0 Å². The number of ether oxygens (including phenoxy) is 2. The van der Waals surface area contributed by atoms with Gasteiger partial charge in [-0.2, -0.15) is 30.4 Å². The molecule has 23 heavy (non-hydrogen) atoms. The molecule has 0 amide bonds. The van der Waals surface area contributed by atoms with Gasteiger partial charge in [-0.25, -0.2) is 4.79 Å². The molecule has 0 aromatic heterocycles. The Balaban J connectivity index is 5.19. The minimum absolute atomic E-state index is 0.673. The van der Waals surface area contributed by atoms with Crippen LogP contribution in [0.5, 0.6) is 0 Å². The van der Waals surface area contributed by atoms with E-state index in [1.54, 1.807) is 0 Å². The van der Waals surface area contributed by atoms with Gasteiger partial charge in [-0.3, -0.25) is 9.35 Å². The van der Waals surface area contributed by atoms with Gasteiger partial charge in [-0.15, -0.1) is 0 Å². The Morgan fingerprint density at radius 1 is 1.22 bits per heavy atom. The van der Waals surface area contributed by atoms with Crippen molar-refractivity contribution in [3.63, 3.8) is 0 Å². The Hall–Kier alpha value is -1.76. The fourth-order valence-corrected chi connectivity index (χ4v) is 1.62. The van der Waals surface area contributed by atoms with Crippen molar-refractivity contribution >= 4 is 22.1 Å². The molecule has 0 aromatic rings. The lowest BCUT2D eigenvalue weighted by atomic mass is 10.3. The minimum Gasteiger partial charge on any atom is -0.459 e. The van der Waals surface area contributed by atoms with E-state index in [-0.39, 0.29) is 0 Å². The van der Waals surface area contributed by atoms with E-state index in [4.69, 9.17) is 4.55 Å².